The lowest BCUT2D eigenvalue weighted by atomic mass is 9.92. The fourth-order valence-corrected chi connectivity index (χ4v) is 2.40. The molecule has 25 heavy (non-hydrogen) atoms. The van der Waals surface area contributed by atoms with Gasteiger partial charge in [0.15, 0.2) is 5.78 Å². The molecule has 0 saturated heterocycles. The molecule has 6 heteroatoms. The molecule has 2 aromatic rings. The minimum Gasteiger partial charge on any atom is -0.366 e. The van der Waals surface area contributed by atoms with Crippen molar-refractivity contribution in [2.24, 2.45) is 5.73 Å². The van der Waals surface area contributed by atoms with Crippen molar-refractivity contribution in [1.29, 1.82) is 0 Å². The number of amides is 3. The molecule has 2 aromatic carbocycles. The number of nitrogens with two attached hydrogens (primary N) is 1. The third-order valence-corrected chi connectivity index (χ3v) is 3.82. The van der Waals surface area contributed by atoms with Crippen LogP contribution in [0.1, 0.15) is 47.1 Å². The Labute approximate surface area is 146 Å². The highest BCUT2D eigenvalue weighted by molar-refractivity contribution is 5.96. The summed E-state index contributed by atoms with van der Waals surface area (Å²) in [6.07, 6.45) is 0. The van der Waals surface area contributed by atoms with Crippen LogP contribution in [0.25, 0.3) is 0 Å². The van der Waals surface area contributed by atoms with E-state index in [1.165, 1.54) is 13.0 Å². The maximum atomic E-state index is 12.3. The summed E-state index contributed by atoms with van der Waals surface area (Å²) in [6.45, 7) is 5.18. The highest BCUT2D eigenvalue weighted by Crippen LogP contribution is 2.22. The van der Waals surface area contributed by atoms with Crippen molar-refractivity contribution in [1.82, 2.24) is 5.32 Å². The summed E-state index contributed by atoms with van der Waals surface area (Å²) in [5, 5.41) is 5.53. The summed E-state index contributed by atoms with van der Waals surface area (Å²) < 4.78 is 0. The first kappa shape index (κ1) is 18.2. The number of carbonyl (C=O) groups excluding carboxylic acids is 3. The van der Waals surface area contributed by atoms with E-state index in [4.69, 9.17) is 5.73 Å². The summed E-state index contributed by atoms with van der Waals surface area (Å²) in [4.78, 5) is 35.0. The second kappa shape index (κ2) is 7.17. The Morgan fingerprint density at radius 1 is 0.960 bits per heavy atom. The van der Waals surface area contributed by atoms with Crippen LogP contribution in [-0.4, -0.2) is 17.7 Å². The standard InChI is InChI=1S/C19H21N3O3/c1-12(23)13-6-4-8-15(10-13)19(2,3)22-18(25)21-16-9-5-7-14(11-16)17(20)24/h4-11H,1-3H3,(H2,20,24)(H2,21,22,25). The van der Waals surface area contributed by atoms with E-state index in [-0.39, 0.29) is 5.78 Å². The molecule has 0 aromatic heterocycles. The van der Waals surface area contributed by atoms with E-state index in [1.807, 2.05) is 19.9 Å². The Hall–Kier alpha value is -3.15. The average molecular weight is 339 g/mol. The number of rotatable bonds is 5. The zero-order chi connectivity index (χ0) is 18.6. The molecule has 0 aliphatic rings. The Morgan fingerprint density at radius 2 is 1.60 bits per heavy atom. The zero-order valence-corrected chi connectivity index (χ0v) is 14.4. The molecule has 0 spiro atoms. The summed E-state index contributed by atoms with van der Waals surface area (Å²) in [6, 6.07) is 13.1. The molecular formula is C19H21N3O3. The van der Waals surface area contributed by atoms with Crippen LogP contribution in [0.2, 0.25) is 0 Å². The third kappa shape index (κ3) is 4.67. The topological polar surface area (TPSA) is 101 Å². The molecule has 2 rings (SSSR count). The number of anilines is 1. The van der Waals surface area contributed by atoms with Gasteiger partial charge < -0.3 is 16.4 Å². The Balaban J connectivity index is 2.13. The van der Waals surface area contributed by atoms with E-state index >= 15 is 0 Å². The molecule has 0 radical (unpaired) electrons. The first-order valence-corrected chi connectivity index (χ1v) is 7.79. The van der Waals surface area contributed by atoms with Gasteiger partial charge in [0.25, 0.3) is 0 Å². The quantitative estimate of drug-likeness (QED) is 0.730. The lowest BCUT2D eigenvalue weighted by Crippen LogP contribution is -2.43. The van der Waals surface area contributed by atoms with Crippen LogP contribution in [0.3, 0.4) is 0 Å². The van der Waals surface area contributed by atoms with Crippen molar-refractivity contribution >= 4 is 23.4 Å². The predicted molar refractivity (Wildman–Crippen MR) is 96.6 cm³/mol. The molecular weight excluding hydrogens is 318 g/mol. The fourth-order valence-electron chi connectivity index (χ4n) is 2.40. The Bertz CT molecular complexity index is 828. The summed E-state index contributed by atoms with van der Waals surface area (Å²) in [5.74, 6) is -0.601. The van der Waals surface area contributed by atoms with Crippen LogP contribution in [0.4, 0.5) is 10.5 Å². The largest absolute Gasteiger partial charge is 0.366 e. The van der Waals surface area contributed by atoms with Crippen molar-refractivity contribution in [3.8, 4) is 0 Å². The summed E-state index contributed by atoms with van der Waals surface area (Å²) in [7, 11) is 0. The molecule has 0 fully saturated rings. The normalized spacial score (nSPS) is 10.8. The molecule has 0 atom stereocenters. The molecule has 4 N–H and O–H groups in total. The van der Waals surface area contributed by atoms with Crippen LogP contribution >= 0.6 is 0 Å². The fraction of sp³-hybridized carbons (Fsp3) is 0.211. The SMILES string of the molecule is CC(=O)c1cccc(C(C)(C)NC(=O)Nc2cccc(C(N)=O)c2)c1. The molecule has 3 amide bonds. The van der Waals surface area contributed by atoms with Crippen LogP contribution < -0.4 is 16.4 Å². The predicted octanol–water partition coefficient (Wildman–Crippen LogP) is 3.04. The van der Waals surface area contributed by atoms with Crippen LogP contribution in [0.15, 0.2) is 48.5 Å². The zero-order valence-electron chi connectivity index (χ0n) is 14.4. The molecule has 0 bridgehead atoms. The lowest BCUT2D eigenvalue weighted by Gasteiger charge is -2.27. The highest BCUT2D eigenvalue weighted by Gasteiger charge is 2.23. The van der Waals surface area contributed by atoms with E-state index in [0.717, 1.165) is 5.56 Å². The number of hydrogen-bond acceptors (Lipinski definition) is 3. The highest BCUT2D eigenvalue weighted by atomic mass is 16.2. The van der Waals surface area contributed by atoms with Crippen molar-refractivity contribution in [2.75, 3.05) is 5.32 Å². The summed E-state index contributed by atoms with van der Waals surface area (Å²) in [5.41, 5.74) is 6.70. The minimum atomic E-state index is -0.698. The Morgan fingerprint density at radius 3 is 2.24 bits per heavy atom. The van der Waals surface area contributed by atoms with Crippen molar-refractivity contribution in [3.63, 3.8) is 0 Å². The monoisotopic (exact) mass is 339 g/mol. The number of Topliss-reactive ketones (excluding diaryl/α,β-unsaturated/α-hetero) is 1. The molecule has 0 unspecified atom stereocenters. The number of primary amides is 1. The smallest absolute Gasteiger partial charge is 0.319 e. The maximum Gasteiger partial charge on any atom is 0.319 e. The van der Waals surface area contributed by atoms with Gasteiger partial charge in [0.05, 0.1) is 5.54 Å². The number of carbonyl (C=O) groups is 3. The van der Waals surface area contributed by atoms with Gasteiger partial charge >= 0.3 is 6.03 Å². The second-order valence-corrected chi connectivity index (χ2v) is 6.29. The van der Waals surface area contributed by atoms with E-state index in [0.29, 0.717) is 16.8 Å². The van der Waals surface area contributed by atoms with E-state index < -0.39 is 17.5 Å². The minimum absolute atomic E-state index is 0.0367. The van der Waals surface area contributed by atoms with Crippen molar-refractivity contribution < 1.29 is 14.4 Å². The van der Waals surface area contributed by atoms with E-state index in [2.05, 4.69) is 10.6 Å². The van der Waals surface area contributed by atoms with Gasteiger partial charge in [0.2, 0.25) is 5.91 Å². The van der Waals surface area contributed by atoms with Crippen LogP contribution in [0, 0.1) is 0 Å². The van der Waals surface area contributed by atoms with Crippen LogP contribution in [-0.2, 0) is 5.54 Å². The number of nitrogens with one attached hydrogen (secondary N) is 2. The first-order valence-electron chi connectivity index (χ1n) is 7.79. The van der Waals surface area contributed by atoms with E-state index in [1.54, 1.807) is 36.4 Å². The molecule has 0 saturated carbocycles. The Kier molecular flexibility index (Phi) is 5.22. The van der Waals surface area contributed by atoms with Gasteiger partial charge in [-0.15, -0.1) is 0 Å². The molecule has 0 aliphatic carbocycles. The summed E-state index contributed by atoms with van der Waals surface area (Å²) >= 11 is 0. The maximum absolute atomic E-state index is 12.3. The van der Waals surface area contributed by atoms with E-state index in [9.17, 15) is 14.4 Å². The van der Waals surface area contributed by atoms with Gasteiger partial charge in [-0.1, -0.05) is 24.3 Å². The average Bonchev–Trinajstić information content (AvgIpc) is 2.54. The number of urea groups is 1. The molecule has 0 aliphatic heterocycles. The molecule has 0 heterocycles. The number of ketones is 1. The van der Waals surface area contributed by atoms with Gasteiger partial charge in [-0.2, -0.15) is 0 Å². The number of benzene rings is 2. The first-order chi connectivity index (χ1) is 11.7. The van der Waals surface area contributed by atoms with Crippen LogP contribution in [0.5, 0.6) is 0 Å². The third-order valence-electron chi connectivity index (χ3n) is 3.82. The van der Waals surface area contributed by atoms with Gasteiger partial charge in [-0.25, -0.2) is 4.79 Å². The lowest BCUT2D eigenvalue weighted by molar-refractivity contribution is 0.0996. The van der Waals surface area contributed by atoms with Crippen molar-refractivity contribution in [3.05, 3.63) is 65.2 Å². The second-order valence-electron chi connectivity index (χ2n) is 6.29. The van der Waals surface area contributed by atoms with Gasteiger partial charge in [-0.3, -0.25) is 9.59 Å². The van der Waals surface area contributed by atoms with Gasteiger partial charge in [0.1, 0.15) is 0 Å². The number of hydrogen-bond donors (Lipinski definition) is 3. The molecule has 6 nitrogen and oxygen atoms in total. The molecule has 130 valence electrons. The van der Waals surface area contributed by atoms with Crippen molar-refractivity contribution in [2.45, 2.75) is 26.3 Å². The van der Waals surface area contributed by atoms with Gasteiger partial charge in [0, 0.05) is 16.8 Å². The van der Waals surface area contributed by atoms with Gasteiger partial charge in [-0.05, 0) is 50.6 Å².